The Bertz CT molecular complexity index is 639. The first-order valence-electron chi connectivity index (χ1n) is 6.98. The first-order valence-corrected chi connectivity index (χ1v) is 6.98. The van der Waals surface area contributed by atoms with Crippen LogP contribution in [0.5, 0.6) is 0 Å². The maximum absolute atomic E-state index is 12.3. The molecule has 0 fully saturated rings. The standard InChI is InChI=1S/C17H22N2O/c1-11(2)19-14-7-6-12-8-13(10-18-15(12)9-14)16(20)17(3,4)5/h6-11,19H,1-5H3. The molecule has 1 heterocycles. The minimum atomic E-state index is -0.380. The molecule has 0 bridgehead atoms. The van der Waals surface area contributed by atoms with Gasteiger partial charge in [-0.1, -0.05) is 26.8 Å². The molecule has 20 heavy (non-hydrogen) atoms. The van der Waals surface area contributed by atoms with Gasteiger partial charge in [-0.25, -0.2) is 0 Å². The van der Waals surface area contributed by atoms with Crippen LogP contribution in [0.25, 0.3) is 10.9 Å². The van der Waals surface area contributed by atoms with E-state index in [-0.39, 0.29) is 11.2 Å². The fourth-order valence-electron chi connectivity index (χ4n) is 2.10. The Hall–Kier alpha value is -1.90. The molecular formula is C17H22N2O. The molecule has 0 saturated heterocycles. The van der Waals surface area contributed by atoms with Gasteiger partial charge in [-0.05, 0) is 32.0 Å². The molecule has 2 rings (SSSR count). The summed E-state index contributed by atoms with van der Waals surface area (Å²) >= 11 is 0. The number of anilines is 1. The molecule has 1 aromatic carbocycles. The molecule has 0 aliphatic rings. The molecule has 0 aliphatic heterocycles. The zero-order chi connectivity index (χ0) is 14.9. The highest BCUT2D eigenvalue weighted by Gasteiger charge is 2.23. The maximum atomic E-state index is 12.3. The molecule has 0 aliphatic carbocycles. The van der Waals surface area contributed by atoms with Crippen LogP contribution in [0.3, 0.4) is 0 Å². The number of carbonyl (C=O) groups excluding carboxylic acids is 1. The number of fused-ring (bicyclic) bond motifs is 1. The van der Waals surface area contributed by atoms with Gasteiger partial charge >= 0.3 is 0 Å². The van der Waals surface area contributed by atoms with Crippen molar-refractivity contribution in [1.29, 1.82) is 0 Å². The monoisotopic (exact) mass is 270 g/mol. The van der Waals surface area contributed by atoms with E-state index in [1.807, 2.05) is 45.0 Å². The number of carbonyl (C=O) groups is 1. The zero-order valence-electron chi connectivity index (χ0n) is 12.8. The third-order valence-electron chi connectivity index (χ3n) is 3.08. The van der Waals surface area contributed by atoms with Crippen LogP contribution in [-0.2, 0) is 0 Å². The normalized spacial score (nSPS) is 11.9. The van der Waals surface area contributed by atoms with E-state index < -0.39 is 0 Å². The van der Waals surface area contributed by atoms with E-state index in [0.29, 0.717) is 11.6 Å². The molecule has 2 aromatic rings. The van der Waals surface area contributed by atoms with Gasteiger partial charge in [0.15, 0.2) is 5.78 Å². The quantitative estimate of drug-likeness (QED) is 0.846. The predicted molar refractivity (Wildman–Crippen MR) is 84.3 cm³/mol. The molecular weight excluding hydrogens is 248 g/mol. The van der Waals surface area contributed by atoms with Gasteiger partial charge in [-0.3, -0.25) is 9.78 Å². The van der Waals surface area contributed by atoms with Crippen molar-refractivity contribution in [2.75, 3.05) is 5.32 Å². The van der Waals surface area contributed by atoms with Crippen molar-refractivity contribution in [2.45, 2.75) is 40.7 Å². The lowest BCUT2D eigenvalue weighted by Crippen LogP contribution is -2.20. The summed E-state index contributed by atoms with van der Waals surface area (Å²) in [5.74, 6) is 0.122. The molecule has 0 unspecified atom stereocenters. The maximum Gasteiger partial charge on any atom is 0.169 e. The first-order chi connectivity index (χ1) is 9.27. The van der Waals surface area contributed by atoms with Gasteiger partial charge in [0, 0.05) is 34.3 Å². The Labute approximate surface area is 120 Å². The van der Waals surface area contributed by atoms with Gasteiger partial charge < -0.3 is 5.32 Å². The van der Waals surface area contributed by atoms with E-state index in [2.05, 4.69) is 24.1 Å². The number of hydrogen-bond donors (Lipinski definition) is 1. The highest BCUT2D eigenvalue weighted by atomic mass is 16.1. The molecule has 1 N–H and O–H groups in total. The van der Waals surface area contributed by atoms with E-state index >= 15 is 0 Å². The van der Waals surface area contributed by atoms with Gasteiger partial charge in [0.25, 0.3) is 0 Å². The number of hydrogen-bond acceptors (Lipinski definition) is 3. The summed E-state index contributed by atoms with van der Waals surface area (Å²) < 4.78 is 0. The van der Waals surface area contributed by atoms with Crippen LogP contribution in [0, 0.1) is 5.41 Å². The average Bonchev–Trinajstić information content (AvgIpc) is 2.35. The molecule has 0 atom stereocenters. The van der Waals surface area contributed by atoms with Crippen molar-refractivity contribution in [2.24, 2.45) is 5.41 Å². The van der Waals surface area contributed by atoms with E-state index in [4.69, 9.17) is 0 Å². The van der Waals surface area contributed by atoms with Crippen molar-refractivity contribution in [3.05, 3.63) is 36.0 Å². The van der Waals surface area contributed by atoms with E-state index in [1.165, 1.54) is 0 Å². The number of rotatable bonds is 3. The largest absolute Gasteiger partial charge is 0.383 e. The molecule has 0 saturated carbocycles. The second-order valence-corrected chi connectivity index (χ2v) is 6.51. The Morgan fingerprint density at radius 1 is 1.20 bits per heavy atom. The number of benzene rings is 1. The molecule has 3 heteroatoms. The van der Waals surface area contributed by atoms with Gasteiger partial charge in [-0.2, -0.15) is 0 Å². The van der Waals surface area contributed by atoms with Gasteiger partial charge in [0.05, 0.1) is 5.52 Å². The summed E-state index contributed by atoms with van der Waals surface area (Å²) in [5, 5.41) is 4.35. The Morgan fingerprint density at radius 3 is 2.50 bits per heavy atom. The SMILES string of the molecule is CC(C)Nc1ccc2cc(C(=O)C(C)(C)C)cnc2c1. The highest BCUT2D eigenvalue weighted by Crippen LogP contribution is 2.24. The summed E-state index contributed by atoms with van der Waals surface area (Å²) in [4.78, 5) is 16.7. The minimum absolute atomic E-state index is 0.122. The number of pyridine rings is 1. The van der Waals surface area contributed by atoms with Gasteiger partial charge in [-0.15, -0.1) is 0 Å². The third kappa shape index (κ3) is 3.16. The minimum Gasteiger partial charge on any atom is -0.383 e. The lowest BCUT2D eigenvalue weighted by Gasteiger charge is -2.16. The van der Waals surface area contributed by atoms with Crippen molar-refractivity contribution in [3.63, 3.8) is 0 Å². The van der Waals surface area contributed by atoms with Crippen LogP contribution in [0.15, 0.2) is 30.5 Å². The fourth-order valence-corrected chi connectivity index (χ4v) is 2.10. The Balaban J connectivity index is 2.39. The number of nitrogens with zero attached hydrogens (tertiary/aromatic N) is 1. The van der Waals surface area contributed by atoms with Crippen LogP contribution in [-0.4, -0.2) is 16.8 Å². The van der Waals surface area contributed by atoms with Crippen LogP contribution in [0.1, 0.15) is 45.0 Å². The number of Topliss-reactive ketones (excluding diaryl/α,β-unsaturated/α-hetero) is 1. The van der Waals surface area contributed by atoms with Crippen molar-refractivity contribution in [3.8, 4) is 0 Å². The second kappa shape index (κ2) is 5.23. The molecule has 1 aromatic heterocycles. The second-order valence-electron chi connectivity index (χ2n) is 6.51. The summed E-state index contributed by atoms with van der Waals surface area (Å²) in [7, 11) is 0. The van der Waals surface area contributed by atoms with Gasteiger partial charge in [0.2, 0.25) is 0 Å². The van der Waals surface area contributed by atoms with Crippen molar-refractivity contribution < 1.29 is 4.79 Å². The zero-order valence-corrected chi connectivity index (χ0v) is 12.8. The fraction of sp³-hybridized carbons (Fsp3) is 0.412. The molecule has 106 valence electrons. The summed E-state index contributed by atoms with van der Waals surface area (Å²) in [5.41, 5.74) is 2.25. The number of ketones is 1. The smallest absolute Gasteiger partial charge is 0.169 e. The van der Waals surface area contributed by atoms with Crippen LogP contribution < -0.4 is 5.32 Å². The van der Waals surface area contributed by atoms with E-state index in [0.717, 1.165) is 16.6 Å². The molecule has 0 radical (unpaired) electrons. The topological polar surface area (TPSA) is 42.0 Å². The molecule has 3 nitrogen and oxygen atoms in total. The van der Waals surface area contributed by atoms with E-state index in [1.54, 1.807) is 6.20 Å². The number of nitrogens with one attached hydrogen (secondary N) is 1. The molecule has 0 spiro atoms. The first kappa shape index (κ1) is 14.5. The lowest BCUT2D eigenvalue weighted by molar-refractivity contribution is 0.0858. The highest BCUT2D eigenvalue weighted by molar-refractivity contribution is 6.02. The van der Waals surface area contributed by atoms with Crippen molar-refractivity contribution >= 4 is 22.4 Å². The number of aromatic nitrogens is 1. The average molecular weight is 270 g/mol. The third-order valence-corrected chi connectivity index (χ3v) is 3.08. The summed E-state index contributed by atoms with van der Waals surface area (Å²) in [6.45, 7) is 9.98. The van der Waals surface area contributed by atoms with Crippen LogP contribution in [0.4, 0.5) is 5.69 Å². The lowest BCUT2D eigenvalue weighted by atomic mass is 9.87. The summed E-state index contributed by atoms with van der Waals surface area (Å²) in [6, 6.07) is 8.35. The van der Waals surface area contributed by atoms with E-state index in [9.17, 15) is 4.79 Å². The van der Waals surface area contributed by atoms with Crippen LogP contribution >= 0.6 is 0 Å². The van der Waals surface area contributed by atoms with Crippen LogP contribution in [0.2, 0.25) is 0 Å². The summed E-state index contributed by atoms with van der Waals surface area (Å²) in [6.07, 6.45) is 1.68. The van der Waals surface area contributed by atoms with Gasteiger partial charge in [0.1, 0.15) is 0 Å². The predicted octanol–water partition coefficient (Wildman–Crippen LogP) is 4.28. The molecule has 0 amide bonds. The Morgan fingerprint density at radius 2 is 1.90 bits per heavy atom. The Kier molecular flexibility index (Phi) is 3.80. The van der Waals surface area contributed by atoms with Crippen molar-refractivity contribution in [1.82, 2.24) is 4.98 Å².